The molecule has 0 aliphatic rings. The first-order valence-electron chi connectivity index (χ1n) is 7.62. The molecule has 0 saturated carbocycles. The summed E-state index contributed by atoms with van der Waals surface area (Å²) in [5, 5.41) is 6.06. The molecule has 108 valence electrons. The fourth-order valence-corrected chi connectivity index (χ4v) is 2.71. The Balaban J connectivity index is 2.01. The van der Waals surface area contributed by atoms with E-state index in [1.807, 2.05) is 0 Å². The van der Waals surface area contributed by atoms with Gasteiger partial charge in [-0.25, -0.2) is 0 Å². The van der Waals surface area contributed by atoms with E-state index in [1.54, 1.807) is 0 Å². The van der Waals surface area contributed by atoms with Crippen LogP contribution in [0.5, 0.6) is 0 Å². The Morgan fingerprint density at radius 2 is 1.76 bits per heavy atom. The van der Waals surface area contributed by atoms with E-state index in [2.05, 4.69) is 73.8 Å². The van der Waals surface area contributed by atoms with E-state index in [1.165, 1.54) is 16.3 Å². The molecule has 0 radical (unpaired) electrons. The van der Waals surface area contributed by atoms with Crippen molar-refractivity contribution in [1.29, 1.82) is 0 Å². The Labute approximate surface area is 125 Å². The molecule has 21 heavy (non-hydrogen) atoms. The van der Waals surface area contributed by atoms with Crippen molar-refractivity contribution in [3.05, 3.63) is 71.7 Å². The Morgan fingerprint density at radius 3 is 2.48 bits per heavy atom. The largest absolute Gasteiger partial charge is 0.464 e. The van der Waals surface area contributed by atoms with Gasteiger partial charge in [0, 0.05) is 6.42 Å². The van der Waals surface area contributed by atoms with E-state index in [-0.39, 0.29) is 6.04 Å². The average Bonchev–Trinajstić information content (AvgIpc) is 3.01. The number of furan rings is 1. The van der Waals surface area contributed by atoms with Crippen LogP contribution in [0.15, 0.2) is 59.0 Å². The number of rotatable bonds is 5. The smallest absolute Gasteiger partial charge is 0.125 e. The maximum atomic E-state index is 5.95. The number of aryl methyl sites for hydroxylation is 1. The standard InChI is InChI=1S/C19H21NO/c1-3-17-11-12-18(21-17)19(20-4-2)16-10-9-14-7-5-6-8-15(14)13-16/h5-13,19-20H,3-4H2,1-2H3. The van der Waals surface area contributed by atoms with Gasteiger partial charge >= 0.3 is 0 Å². The van der Waals surface area contributed by atoms with Crippen molar-refractivity contribution in [3.63, 3.8) is 0 Å². The minimum Gasteiger partial charge on any atom is -0.464 e. The Bertz CT molecular complexity index is 729. The lowest BCUT2D eigenvalue weighted by Crippen LogP contribution is -2.21. The summed E-state index contributed by atoms with van der Waals surface area (Å²) in [5.41, 5.74) is 1.24. The molecule has 0 aliphatic heterocycles. The molecular formula is C19H21NO. The summed E-state index contributed by atoms with van der Waals surface area (Å²) in [7, 11) is 0. The summed E-state index contributed by atoms with van der Waals surface area (Å²) in [4.78, 5) is 0. The highest BCUT2D eigenvalue weighted by Crippen LogP contribution is 2.27. The predicted octanol–water partition coefficient (Wildman–Crippen LogP) is 4.69. The van der Waals surface area contributed by atoms with Gasteiger partial charge in [-0.2, -0.15) is 0 Å². The van der Waals surface area contributed by atoms with E-state index < -0.39 is 0 Å². The number of hydrogen-bond acceptors (Lipinski definition) is 2. The van der Waals surface area contributed by atoms with Crippen molar-refractivity contribution in [2.24, 2.45) is 0 Å². The van der Waals surface area contributed by atoms with Crippen LogP contribution < -0.4 is 5.32 Å². The van der Waals surface area contributed by atoms with E-state index in [4.69, 9.17) is 4.42 Å². The van der Waals surface area contributed by atoms with E-state index in [0.717, 1.165) is 24.5 Å². The molecule has 0 amide bonds. The van der Waals surface area contributed by atoms with Gasteiger partial charge in [0.05, 0.1) is 6.04 Å². The molecule has 0 fully saturated rings. The zero-order chi connectivity index (χ0) is 14.7. The molecule has 0 spiro atoms. The lowest BCUT2D eigenvalue weighted by atomic mass is 10.0. The third-order valence-corrected chi connectivity index (χ3v) is 3.83. The number of hydrogen-bond donors (Lipinski definition) is 1. The average molecular weight is 279 g/mol. The maximum Gasteiger partial charge on any atom is 0.125 e. The van der Waals surface area contributed by atoms with Crippen LogP contribution in [0.3, 0.4) is 0 Å². The van der Waals surface area contributed by atoms with Crippen molar-refractivity contribution < 1.29 is 4.42 Å². The first-order chi connectivity index (χ1) is 10.3. The molecule has 0 saturated heterocycles. The van der Waals surface area contributed by atoms with Gasteiger partial charge in [-0.15, -0.1) is 0 Å². The minimum atomic E-state index is 0.111. The van der Waals surface area contributed by atoms with Crippen molar-refractivity contribution in [2.45, 2.75) is 26.3 Å². The highest BCUT2D eigenvalue weighted by molar-refractivity contribution is 5.83. The first kappa shape index (κ1) is 13.9. The minimum absolute atomic E-state index is 0.111. The molecule has 2 heteroatoms. The fourth-order valence-electron chi connectivity index (χ4n) is 2.71. The summed E-state index contributed by atoms with van der Waals surface area (Å²) < 4.78 is 5.95. The lowest BCUT2D eigenvalue weighted by molar-refractivity contribution is 0.426. The normalized spacial score (nSPS) is 12.7. The van der Waals surface area contributed by atoms with Crippen LogP contribution in [0.4, 0.5) is 0 Å². The van der Waals surface area contributed by atoms with Gasteiger partial charge in [0.15, 0.2) is 0 Å². The Kier molecular flexibility index (Phi) is 4.07. The van der Waals surface area contributed by atoms with Gasteiger partial charge in [-0.1, -0.05) is 50.2 Å². The highest BCUT2D eigenvalue weighted by Gasteiger charge is 2.17. The third-order valence-electron chi connectivity index (χ3n) is 3.83. The molecule has 3 aromatic rings. The molecule has 1 heterocycles. The molecular weight excluding hydrogens is 258 g/mol. The van der Waals surface area contributed by atoms with Crippen LogP contribution in [0.1, 0.15) is 37.0 Å². The fraction of sp³-hybridized carbons (Fsp3) is 0.263. The molecule has 3 rings (SSSR count). The summed E-state index contributed by atoms with van der Waals surface area (Å²) in [6.45, 7) is 5.14. The molecule has 2 aromatic carbocycles. The van der Waals surface area contributed by atoms with Crippen LogP contribution in [0.2, 0.25) is 0 Å². The van der Waals surface area contributed by atoms with Crippen molar-refractivity contribution >= 4 is 10.8 Å². The van der Waals surface area contributed by atoms with Crippen molar-refractivity contribution in [1.82, 2.24) is 5.32 Å². The van der Waals surface area contributed by atoms with E-state index in [0.29, 0.717) is 0 Å². The summed E-state index contributed by atoms with van der Waals surface area (Å²) in [6, 6.07) is 19.3. The Morgan fingerprint density at radius 1 is 0.952 bits per heavy atom. The Hall–Kier alpha value is -2.06. The zero-order valence-corrected chi connectivity index (χ0v) is 12.6. The second-order valence-corrected chi connectivity index (χ2v) is 5.25. The van der Waals surface area contributed by atoms with Crippen LogP contribution in [0, 0.1) is 0 Å². The summed E-state index contributed by atoms with van der Waals surface area (Å²) in [6.07, 6.45) is 0.927. The number of benzene rings is 2. The van der Waals surface area contributed by atoms with Crippen LogP contribution in [-0.4, -0.2) is 6.54 Å². The van der Waals surface area contributed by atoms with Gasteiger partial charge in [-0.05, 0) is 41.1 Å². The molecule has 1 atom stereocenters. The predicted molar refractivity (Wildman–Crippen MR) is 87.6 cm³/mol. The van der Waals surface area contributed by atoms with Gasteiger partial charge in [0.25, 0.3) is 0 Å². The van der Waals surface area contributed by atoms with Crippen molar-refractivity contribution in [2.75, 3.05) is 6.54 Å². The quantitative estimate of drug-likeness (QED) is 0.732. The molecule has 1 aromatic heterocycles. The van der Waals surface area contributed by atoms with Crippen LogP contribution >= 0.6 is 0 Å². The summed E-state index contributed by atoms with van der Waals surface area (Å²) >= 11 is 0. The monoisotopic (exact) mass is 279 g/mol. The number of fused-ring (bicyclic) bond motifs is 1. The second kappa shape index (κ2) is 6.15. The molecule has 1 unspecified atom stereocenters. The van der Waals surface area contributed by atoms with Crippen molar-refractivity contribution in [3.8, 4) is 0 Å². The highest BCUT2D eigenvalue weighted by atomic mass is 16.3. The third kappa shape index (κ3) is 2.86. The van der Waals surface area contributed by atoms with Gasteiger partial charge in [0.2, 0.25) is 0 Å². The second-order valence-electron chi connectivity index (χ2n) is 5.25. The van der Waals surface area contributed by atoms with E-state index in [9.17, 15) is 0 Å². The van der Waals surface area contributed by atoms with Gasteiger partial charge in [-0.3, -0.25) is 0 Å². The number of nitrogens with one attached hydrogen (secondary N) is 1. The van der Waals surface area contributed by atoms with Gasteiger partial charge < -0.3 is 9.73 Å². The first-order valence-corrected chi connectivity index (χ1v) is 7.62. The topological polar surface area (TPSA) is 25.2 Å². The lowest BCUT2D eigenvalue weighted by Gasteiger charge is -2.17. The maximum absolute atomic E-state index is 5.95. The SMILES string of the molecule is CCNC(c1ccc2ccccc2c1)c1ccc(CC)o1. The summed E-state index contributed by atoms with van der Waals surface area (Å²) in [5.74, 6) is 2.03. The van der Waals surface area contributed by atoms with E-state index >= 15 is 0 Å². The molecule has 1 N–H and O–H groups in total. The van der Waals surface area contributed by atoms with Crippen LogP contribution in [-0.2, 0) is 6.42 Å². The molecule has 2 nitrogen and oxygen atoms in total. The zero-order valence-electron chi connectivity index (χ0n) is 12.6. The van der Waals surface area contributed by atoms with Crippen LogP contribution in [0.25, 0.3) is 10.8 Å². The molecule has 0 aliphatic carbocycles. The molecule has 0 bridgehead atoms. The van der Waals surface area contributed by atoms with Gasteiger partial charge in [0.1, 0.15) is 11.5 Å².